The van der Waals surface area contributed by atoms with E-state index in [0.717, 1.165) is 56.9 Å². The molecule has 1 aliphatic carbocycles. The number of fused-ring (bicyclic) bond motifs is 1. The van der Waals surface area contributed by atoms with Crippen LogP contribution in [0.2, 0.25) is 0 Å². The molecule has 0 atom stereocenters. The van der Waals surface area contributed by atoms with Gasteiger partial charge in [0.2, 0.25) is 10.0 Å². The van der Waals surface area contributed by atoms with E-state index in [2.05, 4.69) is 25.3 Å². The Hall–Kier alpha value is -1.92. The number of hydrogen-bond donors (Lipinski definition) is 0. The van der Waals surface area contributed by atoms with E-state index in [1.165, 1.54) is 22.5 Å². The third-order valence-electron chi connectivity index (χ3n) is 8.04. The molecule has 35 heavy (non-hydrogen) atoms. The summed E-state index contributed by atoms with van der Waals surface area (Å²) in [6.07, 6.45) is 7.99. The molecule has 0 N–H and O–H groups in total. The summed E-state index contributed by atoms with van der Waals surface area (Å²) in [6, 6.07) is 7.50. The highest BCUT2D eigenvalue weighted by Crippen LogP contribution is 2.39. The molecule has 1 fully saturated rings. The van der Waals surface area contributed by atoms with Crippen molar-refractivity contribution in [1.29, 1.82) is 0 Å². The van der Waals surface area contributed by atoms with E-state index in [4.69, 9.17) is 0 Å². The third-order valence-corrected chi connectivity index (χ3v) is 9.95. The predicted molar refractivity (Wildman–Crippen MR) is 141 cm³/mol. The highest BCUT2D eigenvalue weighted by Gasteiger charge is 2.32. The second-order valence-corrected chi connectivity index (χ2v) is 13.6. The van der Waals surface area contributed by atoms with E-state index in [9.17, 15) is 13.2 Å². The first-order valence-corrected chi connectivity index (χ1v) is 14.7. The first-order valence-electron chi connectivity index (χ1n) is 13.3. The van der Waals surface area contributed by atoms with E-state index in [-0.39, 0.29) is 17.1 Å². The van der Waals surface area contributed by atoms with Crippen molar-refractivity contribution in [2.45, 2.75) is 97.4 Å². The number of carbonyl (C=O) groups is 1. The van der Waals surface area contributed by atoms with E-state index in [1.54, 1.807) is 16.4 Å². The Morgan fingerprint density at radius 1 is 1.03 bits per heavy atom. The quantitative estimate of drug-likeness (QED) is 0.493. The van der Waals surface area contributed by atoms with Crippen molar-refractivity contribution >= 4 is 15.8 Å². The number of nitrogens with zero attached hydrogens (tertiary/aromatic N) is 2. The maximum atomic E-state index is 13.2. The van der Waals surface area contributed by atoms with Crippen LogP contribution in [0.3, 0.4) is 0 Å². The van der Waals surface area contributed by atoms with Crippen molar-refractivity contribution in [2.24, 2.45) is 11.3 Å². The van der Waals surface area contributed by atoms with Gasteiger partial charge in [-0.3, -0.25) is 4.79 Å². The van der Waals surface area contributed by atoms with Gasteiger partial charge in [-0.1, -0.05) is 52.7 Å². The van der Waals surface area contributed by atoms with Gasteiger partial charge in [-0.15, -0.1) is 0 Å². The van der Waals surface area contributed by atoms with Crippen LogP contribution >= 0.6 is 0 Å². The van der Waals surface area contributed by atoms with Crippen molar-refractivity contribution in [3.63, 3.8) is 0 Å². The summed E-state index contributed by atoms with van der Waals surface area (Å²) >= 11 is 0. The van der Waals surface area contributed by atoms with E-state index in [1.807, 2.05) is 26.0 Å². The summed E-state index contributed by atoms with van der Waals surface area (Å²) in [6.45, 7) is 12.4. The van der Waals surface area contributed by atoms with E-state index >= 15 is 0 Å². The van der Waals surface area contributed by atoms with Crippen molar-refractivity contribution in [3.05, 3.63) is 52.3 Å². The van der Waals surface area contributed by atoms with Crippen LogP contribution in [0, 0.1) is 18.3 Å². The lowest BCUT2D eigenvalue weighted by Crippen LogP contribution is -2.31. The van der Waals surface area contributed by atoms with Gasteiger partial charge in [-0.25, -0.2) is 8.42 Å². The molecule has 1 aromatic heterocycles. The van der Waals surface area contributed by atoms with Gasteiger partial charge in [0.15, 0.2) is 5.78 Å². The largest absolute Gasteiger partial charge is 0.341 e. The Labute approximate surface area is 212 Å². The predicted octanol–water partition coefficient (Wildman–Crippen LogP) is 5.69. The minimum Gasteiger partial charge on any atom is -0.341 e. The lowest BCUT2D eigenvalue weighted by molar-refractivity contribution is -0.122. The van der Waals surface area contributed by atoms with Gasteiger partial charge in [0, 0.05) is 30.4 Å². The minimum absolute atomic E-state index is 0.0228. The van der Waals surface area contributed by atoms with E-state index in [0.29, 0.717) is 24.5 Å². The van der Waals surface area contributed by atoms with Crippen LogP contribution < -0.4 is 0 Å². The topological polar surface area (TPSA) is 59.4 Å². The average molecular weight is 499 g/mol. The Kier molecular flexibility index (Phi) is 7.63. The van der Waals surface area contributed by atoms with Crippen LogP contribution in [-0.4, -0.2) is 36.2 Å². The molecule has 5 nitrogen and oxygen atoms in total. The van der Waals surface area contributed by atoms with Crippen molar-refractivity contribution in [3.8, 4) is 0 Å². The zero-order valence-electron chi connectivity index (χ0n) is 22.2. The standard InChI is InChI=1S/C29H42N2O3S/c1-21(2)28(32)20-31-22(3)25(26-19-29(4,5)15-14-27(26)31)18-23-10-12-24(13-11-23)35(33,34)30-16-8-6-7-9-17-30/h10-13,21H,6-9,14-20H2,1-5H3. The lowest BCUT2D eigenvalue weighted by Gasteiger charge is -2.31. The molecule has 6 heteroatoms. The SMILES string of the molecule is Cc1c(Cc2ccc(S(=O)(=O)N3CCCCCC3)cc2)c2c(n1CC(=O)C(C)C)CCC(C)(C)C2. The second kappa shape index (κ2) is 10.2. The van der Waals surface area contributed by atoms with Crippen LogP contribution in [-0.2, 0) is 40.6 Å². The summed E-state index contributed by atoms with van der Waals surface area (Å²) in [5, 5.41) is 0. The van der Waals surface area contributed by atoms with Crippen LogP contribution in [0.4, 0.5) is 0 Å². The van der Waals surface area contributed by atoms with Gasteiger partial charge in [0.05, 0.1) is 11.4 Å². The fraction of sp³-hybridized carbons (Fsp3) is 0.621. The monoisotopic (exact) mass is 498 g/mol. The van der Waals surface area contributed by atoms with Gasteiger partial charge in [0.25, 0.3) is 0 Å². The molecule has 2 heterocycles. The van der Waals surface area contributed by atoms with Gasteiger partial charge in [-0.05, 0) is 79.7 Å². The number of aromatic nitrogens is 1. The zero-order chi connectivity index (χ0) is 25.4. The summed E-state index contributed by atoms with van der Waals surface area (Å²) in [5.41, 5.74) is 6.58. The normalized spacial score (nSPS) is 18.9. The second-order valence-electron chi connectivity index (χ2n) is 11.7. The molecule has 2 aliphatic rings. The molecule has 0 spiro atoms. The fourth-order valence-electron chi connectivity index (χ4n) is 5.64. The minimum atomic E-state index is -3.44. The average Bonchev–Trinajstić information content (AvgIpc) is 2.99. The third kappa shape index (κ3) is 5.59. The number of Topliss-reactive ketones (excluding diaryl/α,β-unsaturated/α-hetero) is 1. The van der Waals surface area contributed by atoms with Gasteiger partial charge in [0.1, 0.15) is 0 Å². The maximum absolute atomic E-state index is 13.2. The molecule has 0 unspecified atom stereocenters. The van der Waals surface area contributed by atoms with Crippen LogP contribution in [0.5, 0.6) is 0 Å². The number of sulfonamides is 1. The van der Waals surface area contributed by atoms with Gasteiger partial charge in [-0.2, -0.15) is 4.31 Å². The Morgan fingerprint density at radius 3 is 2.26 bits per heavy atom. The first kappa shape index (κ1) is 26.2. The van der Waals surface area contributed by atoms with E-state index < -0.39 is 10.0 Å². The van der Waals surface area contributed by atoms with Crippen LogP contribution in [0.15, 0.2) is 29.2 Å². The molecule has 0 saturated carbocycles. The first-order chi connectivity index (χ1) is 16.5. The zero-order valence-corrected chi connectivity index (χ0v) is 23.0. The molecule has 0 radical (unpaired) electrons. The molecule has 1 saturated heterocycles. The highest BCUT2D eigenvalue weighted by atomic mass is 32.2. The highest BCUT2D eigenvalue weighted by molar-refractivity contribution is 7.89. The molecule has 192 valence electrons. The lowest BCUT2D eigenvalue weighted by atomic mass is 9.75. The molecule has 0 amide bonds. The molecule has 0 bridgehead atoms. The summed E-state index contributed by atoms with van der Waals surface area (Å²) in [5.74, 6) is 0.292. The number of rotatable bonds is 7. The van der Waals surface area contributed by atoms with Crippen LogP contribution in [0.25, 0.3) is 0 Å². The maximum Gasteiger partial charge on any atom is 0.243 e. The van der Waals surface area contributed by atoms with Crippen molar-refractivity contribution < 1.29 is 13.2 Å². The number of hydrogen-bond acceptors (Lipinski definition) is 3. The number of ketones is 1. The Bertz CT molecular complexity index is 1170. The van der Waals surface area contributed by atoms with Gasteiger partial charge < -0.3 is 4.57 Å². The Balaban J connectivity index is 1.62. The van der Waals surface area contributed by atoms with Crippen molar-refractivity contribution in [1.82, 2.24) is 8.87 Å². The van der Waals surface area contributed by atoms with Crippen molar-refractivity contribution in [2.75, 3.05) is 13.1 Å². The molecular formula is C29H42N2O3S. The summed E-state index contributed by atoms with van der Waals surface area (Å²) < 4.78 is 30.3. The molecule has 4 rings (SSSR count). The molecular weight excluding hydrogens is 456 g/mol. The molecule has 1 aliphatic heterocycles. The smallest absolute Gasteiger partial charge is 0.243 e. The molecule has 2 aromatic rings. The summed E-state index contributed by atoms with van der Waals surface area (Å²) in [4.78, 5) is 13.0. The molecule has 1 aromatic carbocycles. The number of carbonyl (C=O) groups excluding carboxylic acids is 1. The van der Waals surface area contributed by atoms with Crippen LogP contribution in [0.1, 0.15) is 87.9 Å². The fourth-order valence-corrected chi connectivity index (χ4v) is 7.16. The van der Waals surface area contributed by atoms with Gasteiger partial charge >= 0.3 is 0 Å². The summed E-state index contributed by atoms with van der Waals surface area (Å²) in [7, 11) is -3.44. The number of benzene rings is 1. The Morgan fingerprint density at radius 2 is 1.66 bits per heavy atom.